The summed E-state index contributed by atoms with van der Waals surface area (Å²) in [5.41, 5.74) is 1.52. The van der Waals surface area contributed by atoms with Gasteiger partial charge in [-0.2, -0.15) is 0 Å². The Morgan fingerprint density at radius 2 is 1.58 bits per heavy atom. The van der Waals surface area contributed by atoms with Gasteiger partial charge in [0.05, 0.1) is 19.8 Å². The Hall–Kier alpha value is -3.81. The van der Waals surface area contributed by atoms with E-state index in [1.54, 1.807) is 54.4 Å². The van der Waals surface area contributed by atoms with Crippen LogP contribution in [0.5, 0.6) is 11.5 Å². The quantitative estimate of drug-likeness (QED) is 0.630. The lowest BCUT2D eigenvalue weighted by atomic mass is 10.1. The van der Waals surface area contributed by atoms with Crippen molar-refractivity contribution in [1.82, 2.24) is 15.0 Å². The van der Waals surface area contributed by atoms with Crippen molar-refractivity contribution in [2.24, 2.45) is 0 Å². The van der Waals surface area contributed by atoms with Crippen LogP contribution in [0.2, 0.25) is 0 Å². The van der Waals surface area contributed by atoms with Gasteiger partial charge in [-0.05, 0) is 30.3 Å². The van der Waals surface area contributed by atoms with Gasteiger partial charge in [0.15, 0.2) is 11.5 Å². The summed E-state index contributed by atoms with van der Waals surface area (Å²) >= 11 is 0. The van der Waals surface area contributed by atoms with Crippen LogP contribution in [-0.2, 0) is 0 Å². The minimum atomic E-state index is -0.224. The van der Waals surface area contributed by atoms with Crippen molar-refractivity contribution in [3.8, 4) is 22.8 Å². The highest BCUT2D eigenvalue weighted by Gasteiger charge is 2.27. The summed E-state index contributed by atoms with van der Waals surface area (Å²) < 4.78 is 15.9. The van der Waals surface area contributed by atoms with Gasteiger partial charge in [0.25, 0.3) is 11.8 Å². The zero-order valence-electron chi connectivity index (χ0n) is 17.4. The number of hydrogen-bond donors (Lipinski definition) is 0. The van der Waals surface area contributed by atoms with Crippen molar-refractivity contribution >= 4 is 11.8 Å². The number of ether oxygens (including phenoxy) is 2. The summed E-state index contributed by atoms with van der Waals surface area (Å²) in [6.45, 7) is 1.73. The van der Waals surface area contributed by atoms with E-state index in [2.05, 4.69) is 5.16 Å². The van der Waals surface area contributed by atoms with E-state index in [1.165, 1.54) is 0 Å². The molecule has 8 nitrogen and oxygen atoms in total. The summed E-state index contributed by atoms with van der Waals surface area (Å²) in [6, 6.07) is 16.1. The molecule has 2 heterocycles. The molecule has 1 aliphatic heterocycles. The molecule has 0 atom stereocenters. The van der Waals surface area contributed by atoms with Crippen LogP contribution in [0.25, 0.3) is 11.3 Å². The number of carbonyl (C=O) groups is 2. The van der Waals surface area contributed by atoms with Gasteiger partial charge in [-0.3, -0.25) is 9.59 Å². The molecule has 1 saturated heterocycles. The third-order valence-corrected chi connectivity index (χ3v) is 5.27. The Morgan fingerprint density at radius 3 is 2.29 bits per heavy atom. The largest absolute Gasteiger partial charge is 0.497 e. The standard InChI is InChI=1S/C23H23N3O5/c1-29-17-7-5-6-16(14-17)22(27)25-10-12-26(13-11-25)23(28)19-15-21(31-24-19)18-8-3-4-9-20(18)30-2/h3-9,14-15H,10-13H2,1-2H3. The van der Waals surface area contributed by atoms with Gasteiger partial charge in [0.2, 0.25) is 0 Å². The molecule has 0 N–H and O–H groups in total. The van der Waals surface area contributed by atoms with Crippen LogP contribution in [0.4, 0.5) is 0 Å². The van der Waals surface area contributed by atoms with Crippen molar-refractivity contribution < 1.29 is 23.6 Å². The van der Waals surface area contributed by atoms with Gasteiger partial charge >= 0.3 is 0 Å². The predicted octanol–water partition coefficient (Wildman–Crippen LogP) is 2.96. The van der Waals surface area contributed by atoms with E-state index < -0.39 is 0 Å². The number of aromatic nitrogens is 1. The molecule has 8 heteroatoms. The Labute approximate surface area is 179 Å². The molecule has 31 heavy (non-hydrogen) atoms. The van der Waals surface area contributed by atoms with Crippen molar-refractivity contribution in [2.45, 2.75) is 0 Å². The number of rotatable bonds is 5. The van der Waals surface area contributed by atoms with Crippen LogP contribution < -0.4 is 9.47 Å². The summed E-state index contributed by atoms with van der Waals surface area (Å²) in [4.78, 5) is 29.1. The maximum Gasteiger partial charge on any atom is 0.276 e. The van der Waals surface area contributed by atoms with Crippen molar-refractivity contribution in [2.75, 3.05) is 40.4 Å². The monoisotopic (exact) mass is 421 g/mol. The number of piperazine rings is 1. The van der Waals surface area contributed by atoms with E-state index in [9.17, 15) is 9.59 Å². The van der Waals surface area contributed by atoms with E-state index in [0.717, 1.165) is 5.56 Å². The van der Waals surface area contributed by atoms with Gasteiger partial charge in [-0.25, -0.2) is 0 Å². The molecule has 0 unspecified atom stereocenters. The summed E-state index contributed by atoms with van der Waals surface area (Å²) in [7, 11) is 3.14. The first-order valence-electron chi connectivity index (χ1n) is 9.93. The normalized spacial score (nSPS) is 13.7. The minimum Gasteiger partial charge on any atom is -0.497 e. The Balaban J connectivity index is 1.41. The zero-order chi connectivity index (χ0) is 21.8. The average molecular weight is 421 g/mol. The predicted molar refractivity (Wildman–Crippen MR) is 113 cm³/mol. The first kappa shape index (κ1) is 20.5. The van der Waals surface area contributed by atoms with Gasteiger partial charge in [-0.1, -0.05) is 23.4 Å². The highest BCUT2D eigenvalue weighted by atomic mass is 16.5. The number of nitrogens with zero attached hydrogens (tertiary/aromatic N) is 3. The molecular formula is C23H23N3O5. The third-order valence-electron chi connectivity index (χ3n) is 5.27. The van der Waals surface area contributed by atoms with E-state index in [0.29, 0.717) is 49.0 Å². The third kappa shape index (κ3) is 4.23. The highest BCUT2D eigenvalue weighted by Crippen LogP contribution is 2.30. The molecule has 160 valence electrons. The van der Waals surface area contributed by atoms with E-state index in [-0.39, 0.29) is 17.5 Å². The Kier molecular flexibility index (Phi) is 5.88. The summed E-state index contributed by atoms with van der Waals surface area (Å²) in [5, 5.41) is 3.95. The van der Waals surface area contributed by atoms with Crippen LogP contribution in [-0.4, -0.2) is 67.2 Å². The molecule has 3 aromatic rings. The molecule has 1 aliphatic rings. The second-order valence-corrected chi connectivity index (χ2v) is 7.09. The molecule has 0 saturated carbocycles. The van der Waals surface area contributed by atoms with Gasteiger partial charge in [-0.15, -0.1) is 0 Å². The summed E-state index contributed by atoms with van der Waals surface area (Å²) in [6.07, 6.45) is 0. The maximum atomic E-state index is 12.9. The molecule has 1 fully saturated rings. The lowest BCUT2D eigenvalue weighted by molar-refractivity contribution is 0.0529. The Morgan fingerprint density at radius 1 is 0.871 bits per heavy atom. The second-order valence-electron chi connectivity index (χ2n) is 7.09. The lowest BCUT2D eigenvalue weighted by Crippen LogP contribution is -2.50. The van der Waals surface area contributed by atoms with E-state index >= 15 is 0 Å². The fourth-order valence-corrected chi connectivity index (χ4v) is 3.56. The second kappa shape index (κ2) is 8.91. The van der Waals surface area contributed by atoms with E-state index in [4.69, 9.17) is 14.0 Å². The number of methoxy groups -OCH3 is 2. The smallest absolute Gasteiger partial charge is 0.276 e. The van der Waals surface area contributed by atoms with Gasteiger partial charge in [0, 0.05) is 37.8 Å². The molecular weight excluding hydrogens is 398 g/mol. The van der Waals surface area contributed by atoms with Crippen molar-refractivity contribution in [1.29, 1.82) is 0 Å². The van der Waals surface area contributed by atoms with Crippen LogP contribution in [0.1, 0.15) is 20.8 Å². The molecule has 0 aliphatic carbocycles. The molecule has 0 radical (unpaired) electrons. The molecule has 1 aromatic heterocycles. The number of carbonyl (C=O) groups excluding carboxylic acids is 2. The van der Waals surface area contributed by atoms with Crippen LogP contribution in [0, 0.1) is 0 Å². The maximum absolute atomic E-state index is 12.9. The number of hydrogen-bond acceptors (Lipinski definition) is 6. The van der Waals surface area contributed by atoms with Gasteiger partial charge < -0.3 is 23.8 Å². The molecule has 0 bridgehead atoms. The average Bonchev–Trinajstić information content (AvgIpc) is 3.33. The first-order valence-corrected chi connectivity index (χ1v) is 9.93. The van der Waals surface area contributed by atoms with E-state index in [1.807, 2.05) is 24.3 Å². The minimum absolute atomic E-state index is 0.0779. The van der Waals surface area contributed by atoms with Crippen molar-refractivity contribution in [3.05, 3.63) is 65.9 Å². The van der Waals surface area contributed by atoms with Gasteiger partial charge in [0.1, 0.15) is 11.5 Å². The van der Waals surface area contributed by atoms with Crippen LogP contribution in [0.3, 0.4) is 0 Å². The molecule has 2 amide bonds. The SMILES string of the molecule is COc1cccc(C(=O)N2CCN(C(=O)c3cc(-c4ccccc4OC)on3)CC2)c1. The van der Waals surface area contributed by atoms with Crippen LogP contribution >= 0.6 is 0 Å². The lowest BCUT2D eigenvalue weighted by Gasteiger charge is -2.34. The fraction of sp³-hybridized carbons (Fsp3) is 0.261. The Bertz CT molecular complexity index is 1090. The number of amides is 2. The fourth-order valence-electron chi connectivity index (χ4n) is 3.56. The van der Waals surface area contributed by atoms with Crippen molar-refractivity contribution in [3.63, 3.8) is 0 Å². The summed E-state index contributed by atoms with van der Waals surface area (Å²) in [5.74, 6) is 1.44. The molecule has 4 rings (SSSR count). The van der Waals surface area contributed by atoms with Crippen LogP contribution in [0.15, 0.2) is 59.1 Å². The first-order chi connectivity index (χ1) is 15.1. The number of benzene rings is 2. The highest BCUT2D eigenvalue weighted by molar-refractivity contribution is 5.96. The topological polar surface area (TPSA) is 85.1 Å². The zero-order valence-corrected chi connectivity index (χ0v) is 17.4. The molecule has 2 aromatic carbocycles. The number of para-hydroxylation sites is 1. The molecule has 0 spiro atoms.